The van der Waals surface area contributed by atoms with Crippen molar-refractivity contribution in [1.29, 1.82) is 0 Å². The lowest BCUT2D eigenvalue weighted by molar-refractivity contribution is -0.145. The molecule has 1 fully saturated rings. The topological polar surface area (TPSA) is 88.3 Å². The third kappa shape index (κ3) is 3.10. The van der Waals surface area contributed by atoms with Crippen molar-refractivity contribution in [3.8, 4) is 0 Å². The highest BCUT2D eigenvalue weighted by atomic mass is 16.5. The Balaban J connectivity index is 1.98. The third-order valence-electron chi connectivity index (χ3n) is 3.07. The van der Waals surface area contributed by atoms with Crippen LogP contribution in [0.1, 0.15) is 25.6 Å². The summed E-state index contributed by atoms with van der Waals surface area (Å²) >= 11 is 0. The first kappa shape index (κ1) is 13.5. The zero-order valence-corrected chi connectivity index (χ0v) is 11.3. The van der Waals surface area contributed by atoms with Crippen molar-refractivity contribution in [1.82, 2.24) is 20.4 Å². The zero-order chi connectivity index (χ0) is 14.0. The maximum Gasteiger partial charge on any atom is 0.245 e. The van der Waals surface area contributed by atoms with Crippen molar-refractivity contribution >= 4 is 11.8 Å². The summed E-state index contributed by atoms with van der Waals surface area (Å²) in [5, 5.41) is 6.49. The number of carbonyl (C=O) groups excluding carboxylic acids is 2. The van der Waals surface area contributed by atoms with Crippen LogP contribution in [0.5, 0.6) is 0 Å². The highest BCUT2D eigenvalue weighted by molar-refractivity contribution is 5.94. The molecule has 0 spiro atoms. The van der Waals surface area contributed by atoms with Gasteiger partial charge in [0.2, 0.25) is 17.7 Å². The van der Waals surface area contributed by atoms with E-state index >= 15 is 0 Å². The number of piperazine rings is 1. The predicted molar refractivity (Wildman–Crippen MR) is 66.1 cm³/mol. The van der Waals surface area contributed by atoms with E-state index in [1.165, 1.54) is 0 Å². The summed E-state index contributed by atoms with van der Waals surface area (Å²) in [5.74, 6) is 0.958. The fraction of sp³-hybridized carbons (Fsp3) is 0.667. The second kappa shape index (κ2) is 5.38. The van der Waals surface area contributed by atoms with Gasteiger partial charge in [0.25, 0.3) is 0 Å². The molecule has 1 aliphatic rings. The lowest BCUT2D eigenvalue weighted by atomic mass is 10.0. The molecule has 1 aliphatic heterocycles. The smallest absolute Gasteiger partial charge is 0.245 e. The van der Waals surface area contributed by atoms with Gasteiger partial charge in [0.1, 0.15) is 6.04 Å². The molecule has 0 bridgehead atoms. The lowest BCUT2D eigenvalue weighted by Gasteiger charge is -2.34. The minimum atomic E-state index is -0.437. The van der Waals surface area contributed by atoms with E-state index in [0.717, 1.165) is 0 Å². The second-order valence-corrected chi connectivity index (χ2v) is 5.03. The first-order valence-corrected chi connectivity index (χ1v) is 6.34. The monoisotopic (exact) mass is 266 g/mol. The lowest BCUT2D eigenvalue weighted by Crippen LogP contribution is -2.60. The average Bonchev–Trinajstić information content (AvgIpc) is 2.75. The van der Waals surface area contributed by atoms with Gasteiger partial charge < -0.3 is 14.7 Å². The summed E-state index contributed by atoms with van der Waals surface area (Å²) in [4.78, 5) is 29.4. The summed E-state index contributed by atoms with van der Waals surface area (Å²) in [6, 6.07) is -0.437. The number of amides is 2. The van der Waals surface area contributed by atoms with E-state index in [9.17, 15) is 9.59 Å². The Bertz CT molecular complexity index is 483. The van der Waals surface area contributed by atoms with Crippen molar-refractivity contribution in [2.45, 2.75) is 33.2 Å². The summed E-state index contributed by atoms with van der Waals surface area (Å²) < 4.78 is 4.87. The molecule has 104 valence electrons. The molecule has 0 radical (unpaired) electrons. The molecule has 2 rings (SSSR count). The van der Waals surface area contributed by atoms with Gasteiger partial charge in [-0.1, -0.05) is 19.0 Å². The predicted octanol–water partition coefficient (Wildman–Crippen LogP) is -0.0965. The van der Waals surface area contributed by atoms with Gasteiger partial charge in [0.15, 0.2) is 5.82 Å². The number of aryl methyl sites for hydroxylation is 1. The summed E-state index contributed by atoms with van der Waals surface area (Å²) in [6.07, 6.45) is 0.487. The van der Waals surface area contributed by atoms with Gasteiger partial charge in [0.05, 0.1) is 6.54 Å². The van der Waals surface area contributed by atoms with Crippen LogP contribution in [-0.4, -0.2) is 46.0 Å². The highest BCUT2D eigenvalue weighted by Crippen LogP contribution is 2.11. The first-order chi connectivity index (χ1) is 8.97. The number of carbonyl (C=O) groups is 2. The molecule has 2 amide bonds. The van der Waals surface area contributed by atoms with E-state index in [4.69, 9.17) is 4.52 Å². The number of rotatable bonds is 4. The molecular weight excluding hydrogens is 248 g/mol. The van der Waals surface area contributed by atoms with E-state index in [1.807, 2.05) is 13.8 Å². The highest BCUT2D eigenvalue weighted by Gasteiger charge is 2.34. The zero-order valence-electron chi connectivity index (χ0n) is 11.3. The van der Waals surface area contributed by atoms with E-state index in [2.05, 4.69) is 15.5 Å². The molecule has 7 nitrogen and oxygen atoms in total. The molecule has 1 N–H and O–H groups in total. The van der Waals surface area contributed by atoms with Crippen molar-refractivity contribution in [3.05, 3.63) is 11.7 Å². The largest absolute Gasteiger partial charge is 0.343 e. The summed E-state index contributed by atoms with van der Waals surface area (Å²) in [7, 11) is 0. The number of hydrogen-bond donors (Lipinski definition) is 1. The molecule has 1 aromatic rings. The first-order valence-electron chi connectivity index (χ1n) is 6.34. The van der Waals surface area contributed by atoms with Crippen molar-refractivity contribution < 1.29 is 14.1 Å². The number of nitrogens with zero attached hydrogens (tertiary/aromatic N) is 3. The van der Waals surface area contributed by atoms with Crippen LogP contribution in [0.25, 0.3) is 0 Å². The Hall–Kier alpha value is -1.92. The Morgan fingerprint density at radius 2 is 2.21 bits per heavy atom. The third-order valence-corrected chi connectivity index (χ3v) is 3.07. The molecule has 0 saturated carbocycles. The van der Waals surface area contributed by atoms with Crippen LogP contribution in [0.4, 0.5) is 0 Å². The fourth-order valence-electron chi connectivity index (χ4n) is 2.05. The summed E-state index contributed by atoms with van der Waals surface area (Å²) in [6.45, 7) is 6.06. The SMILES string of the molecule is Cc1nc(CCN2CC(=O)NC(C(C)C)C2=O)no1. The molecule has 1 aromatic heterocycles. The van der Waals surface area contributed by atoms with Crippen LogP contribution in [0.15, 0.2) is 4.52 Å². The molecule has 7 heteroatoms. The molecule has 2 heterocycles. The molecule has 1 saturated heterocycles. The standard InChI is InChI=1S/C12H18N4O3/c1-7(2)11-12(18)16(6-10(17)14-11)5-4-9-13-8(3)19-15-9/h7,11H,4-6H2,1-3H3,(H,14,17). The quantitative estimate of drug-likeness (QED) is 0.822. The molecule has 1 atom stereocenters. The van der Waals surface area contributed by atoms with E-state index in [0.29, 0.717) is 24.7 Å². The van der Waals surface area contributed by atoms with Crippen LogP contribution in [-0.2, 0) is 16.0 Å². The van der Waals surface area contributed by atoms with Crippen molar-refractivity contribution in [2.24, 2.45) is 5.92 Å². The maximum absolute atomic E-state index is 12.2. The molecule has 0 aromatic carbocycles. The van der Waals surface area contributed by atoms with Gasteiger partial charge in [-0.2, -0.15) is 4.98 Å². The van der Waals surface area contributed by atoms with E-state index in [-0.39, 0.29) is 24.3 Å². The van der Waals surface area contributed by atoms with Crippen LogP contribution < -0.4 is 5.32 Å². The van der Waals surface area contributed by atoms with Crippen molar-refractivity contribution in [2.75, 3.05) is 13.1 Å². The minimum absolute atomic E-state index is 0.0465. The fourth-order valence-corrected chi connectivity index (χ4v) is 2.05. The molecule has 0 aliphatic carbocycles. The van der Waals surface area contributed by atoms with Crippen LogP contribution >= 0.6 is 0 Å². The Morgan fingerprint density at radius 1 is 1.47 bits per heavy atom. The van der Waals surface area contributed by atoms with Gasteiger partial charge >= 0.3 is 0 Å². The number of nitrogens with one attached hydrogen (secondary N) is 1. The van der Waals surface area contributed by atoms with Crippen LogP contribution in [0.3, 0.4) is 0 Å². The minimum Gasteiger partial charge on any atom is -0.343 e. The normalized spacial score (nSPS) is 20.0. The van der Waals surface area contributed by atoms with Crippen molar-refractivity contribution in [3.63, 3.8) is 0 Å². The summed E-state index contributed by atoms with van der Waals surface area (Å²) in [5.41, 5.74) is 0. The van der Waals surface area contributed by atoms with Gasteiger partial charge in [-0.3, -0.25) is 9.59 Å². The molecular formula is C12H18N4O3. The van der Waals surface area contributed by atoms with Crippen LogP contribution in [0, 0.1) is 12.8 Å². The molecule has 19 heavy (non-hydrogen) atoms. The number of aromatic nitrogens is 2. The second-order valence-electron chi connectivity index (χ2n) is 5.03. The maximum atomic E-state index is 12.2. The molecule has 1 unspecified atom stereocenters. The Kier molecular flexibility index (Phi) is 3.82. The van der Waals surface area contributed by atoms with Crippen LogP contribution in [0.2, 0.25) is 0 Å². The Morgan fingerprint density at radius 3 is 2.79 bits per heavy atom. The average molecular weight is 266 g/mol. The Labute approximate surface area is 111 Å². The number of hydrogen-bond acceptors (Lipinski definition) is 5. The van der Waals surface area contributed by atoms with E-state index in [1.54, 1.807) is 11.8 Å². The van der Waals surface area contributed by atoms with Gasteiger partial charge in [0, 0.05) is 19.9 Å². The van der Waals surface area contributed by atoms with Gasteiger partial charge in [-0.15, -0.1) is 0 Å². The van der Waals surface area contributed by atoms with Gasteiger partial charge in [-0.25, -0.2) is 0 Å². The van der Waals surface area contributed by atoms with Gasteiger partial charge in [-0.05, 0) is 5.92 Å². The van der Waals surface area contributed by atoms with E-state index < -0.39 is 6.04 Å².